The average molecular weight is 397 g/mol. The Bertz CT molecular complexity index is 910. The van der Waals surface area contributed by atoms with E-state index < -0.39 is 0 Å². The quantitative estimate of drug-likeness (QED) is 0.577. The van der Waals surface area contributed by atoms with Gasteiger partial charge in [0.1, 0.15) is 5.75 Å². The molecule has 1 heterocycles. The molecule has 3 rings (SSSR count). The number of rotatable bonds is 8. The normalized spacial score (nSPS) is 11.8. The van der Waals surface area contributed by atoms with Gasteiger partial charge in [-0.05, 0) is 43.2 Å². The van der Waals surface area contributed by atoms with Gasteiger partial charge in [-0.2, -0.15) is 0 Å². The number of nitrogens with zero attached hydrogens (tertiary/aromatic N) is 3. The molecule has 28 heavy (non-hydrogen) atoms. The first-order chi connectivity index (χ1) is 13.6. The molecule has 3 aromatic rings. The Labute approximate surface area is 169 Å². The SMILES string of the molecule is CCc1ccc(NC(=O)CSc2nnc([C@@H](C)Oc3ccccc3)n2C)cc1. The summed E-state index contributed by atoms with van der Waals surface area (Å²) in [5.74, 6) is 1.67. The van der Waals surface area contributed by atoms with Gasteiger partial charge in [0.2, 0.25) is 5.91 Å². The van der Waals surface area contributed by atoms with Crippen molar-refractivity contribution in [2.45, 2.75) is 31.5 Å². The lowest BCUT2D eigenvalue weighted by Crippen LogP contribution is -2.15. The Morgan fingerprint density at radius 1 is 1.14 bits per heavy atom. The molecule has 0 aliphatic carbocycles. The average Bonchev–Trinajstić information content (AvgIpc) is 3.08. The van der Waals surface area contributed by atoms with Gasteiger partial charge in [-0.3, -0.25) is 4.79 Å². The molecule has 1 aromatic heterocycles. The molecule has 0 spiro atoms. The van der Waals surface area contributed by atoms with Gasteiger partial charge in [-0.1, -0.05) is 49.0 Å². The smallest absolute Gasteiger partial charge is 0.234 e. The number of anilines is 1. The van der Waals surface area contributed by atoms with Gasteiger partial charge in [0.05, 0.1) is 5.75 Å². The molecule has 1 N–H and O–H groups in total. The van der Waals surface area contributed by atoms with Crippen LogP contribution in [-0.2, 0) is 18.3 Å². The van der Waals surface area contributed by atoms with Crippen molar-refractivity contribution in [1.29, 1.82) is 0 Å². The molecule has 0 saturated carbocycles. The molecule has 2 aromatic carbocycles. The molecule has 0 aliphatic heterocycles. The maximum Gasteiger partial charge on any atom is 0.234 e. The molecule has 0 aliphatic rings. The minimum Gasteiger partial charge on any atom is -0.483 e. The summed E-state index contributed by atoms with van der Waals surface area (Å²) in [6.45, 7) is 4.03. The van der Waals surface area contributed by atoms with Gasteiger partial charge in [-0.15, -0.1) is 10.2 Å². The molecular formula is C21H24N4O2S. The van der Waals surface area contributed by atoms with Crippen molar-refractivity contribution in [3.05, 3.63) is 66.0 Å². The van der Waals surface area contributed by atoms with Gasteiger partial charge >= 0.3 is 0 Å². The van der Waals surface area contributed by atoms with Crippen LogP contribution in [-0.4, -0.2) is 26.4 Å². The van der Waals surface area contributed by atoms with Crippen LogP contribution in [0.15, 0.2) is 59.8 Å². The maximum absolute atomic E-state index is 12.2. The monoisotopic (exact) mass is 396 g/mol. The first-order valence-electron chi connectivity index (χ1n) is 9.19. The fraction of sp³-hybridized carbons (Fsp3) is 0.286. The van der Waals surface area contributed by atoms with Crippen molar-refractivity contribution in [2.75, 3.05) is 11.1 Å². The molecule has 1 amide bonds. The highest BCUT2D eigenvalue weighted by molar-refractivity contribution is 7.99. The summed E-state index contributed by atoms with van der Waals surface area (Å²) in [5, 5.41) is 12.0. The number of para-hydroxylation sites is 1. The maximum atomic E-state index is 12.2. The number of hydrogen-bond donors (Lipinski definition) is 1. The first kappa shape index (κ1) is 19.9. The topological polar surface area (TPSA) is 69.0 Å². The number of aryl methyl sites for hydroxylation is 1. The minimum atomic E-state index is -0.250. The van der Waals surface area contributed by atoms with Crippen LogP contribution >= 0.6 is 11.8 Å². The lowest BCUT2D eigenvalue weighted by molar-refractivity contribution is -0.113. The summed E-state index contributed by atoms with van der Waals surface area (Å²) in [7, 11) is 1.88. The Hall–Kier alpha value is -2.80. The molecule has 7 heteroatoms. The van der Waals surface area contributed by atoms with Crippen molar-refractivity contribution in [1.82, 2.24) is 14.8 Å². The number of nitrogens with one attached hydrogen (secondary N) is 1. The van der Waals surface area contributed by atoms with Crippen LogP contribution in [0.1, 0.15) is 31.3 Å². The fourth-order valence-corrected chi connectivity index (χ4v) is 3.43. The number of hydrogen-bond acceptors (Lipinski definition) is 5. The summed E-state index contributed by atoms with van der Waals surface area (Å²) in [6, 6.07) is 17.5. The van der Waals surface area contributed by atoms with E-state index in [0.717, 1.165) is 17.9 Å². The van der Waals surface area contributed by atoms with E-state index >= 15 is 0 Å². The highest BCUT2D eigenvalue weighted by Gasteiger charge is 2.18. The zero-order chi connectivity index (χ0) is 19.9. The van der Waals surface area contributed by atoms with Crippen molar-refractivity contribution < 1.29 is 9.53 Å². The third kappa shape index (κ3) is 5.13. The van der Waals surface area contributed by atoms with Crippen LogP contribution < -0.4 is 10.1 Å². The van der Waals surface area contributed by atoms with Crippen LogP contribution in [0.4, 0.5) is 5.69 Å². The zero-order valence-corrected chi connectivity index (χ0v) is 17.1. The zero-order valence-electron chi connectivity index (χ0n) is 16.3. The van der Waals surface area contributed by atoms with E-state index in [1.54, 1.807) is 0 Å². The molecular weight excluding hydrogens is 372 g/mol. The van der Waals surface area contributed by atoms with Crippen LogP contribution in [0.3, 0.4) is 0 Å². The second-order valence-electron chi connectivity index (χ2n) is 6.36. The van der Waals surface area contributed by atoms with Gasteiger partial charge in [0, 0.05) is 12.7 Å². The van der Waals surface area contributed by atoms with Gasteiger partial charge in [-0.25, -0.2) is 0 Å². The third-order valence-corrected chi connectivity index (χ3v) is 5.29. The molecule has 146 valence electrons. The summed E-state index contributed by atoms with van der Waals surface area (Å²) in [4.78, 5) is 12.2. The van der Waals surface area contributed by atoms with Crippen LogP contribution in [0, 0.1) is 0 Å². The van der Waals surface area contributed by atoms with Crippen LogP contribution in [0.25, 0.3) is 0 Å². The highest BCUT2D eigenvalue weighted by Crippen LogP contribution is 2.23. The van der Waals surface area contributed by atoms with Crippen molar-refractivity contribution in [3.8, 4) is 5.75 Å². The second kappa shape index (κ2) is 9.41. The Morgan fingerprint density at radius 3 is 2.54 bits per heavy atom. The lowest BCUT2D eigenvalue weighted by atomic mass is 10.1. The molecule has 6 nitrogen and oxygen atoms in total. The van der Waals surface area contributed by atoms with Crippen LogP contribution in [0.5, 0.6) is 5.75 Å². The van der Waals surface area contributed by atoms with Crippen molar-refractivity contribution >= 4 is 23.4 Å². The second-order valence-corrected chi connectivity index (χ2v) is 7.30. The van der Waals surface area contributed by atoms with Crippen molar-refractivity contribution in [3.63, 3.8) is 0 Å². The third-order valence-electron chi connectivity index (χ3n) is 4.27. The van der Waals surface area contributed by atoms with Gasteiger partial charge < -0.3 is 14.6 Å². The number of ether oxygens (including phenoxy) is 1. The summed E-state index contributed by atoms with van der Waals surface area (Å²) < 4.78 is 7.77. The van der Waals surface area contributed by atoms with E-state index in [1.807, 2.05) is 73.1 Å². The van der Waals surface area contributed by atoms with E-state index in [2.05, 4.69) is 22.4 Å². The summed E-state index contributed by atoms with van der Waals surface area (Å²) in [5.41, 5.74) is 2.04. The van der Waals surface area contributed by atoms with E-state index in [4.69, 9.17) is 4.74 Å². The summed E-state index contributed by atoms with van der Waals surface area (Å²) >= 11 is 1.35. The van der Waals surface area contributed by atoms with E-state index in [0.29, 0.717) is 11.0 Å². The molecule has 0 bridgehead atoms. The molecule has 0 saturated heterocycles. The number of aromatic nitrogens is 3. The number of amides is 1. The molecule has 0 unspecified atom stereocenters. The number of carbonyl (C=O) groups excluding carboxylic acids is 1. The lowest BCUT2D eigenvalue weighted by Gasteiger charge is -2.14. The van der Waals surface area contributed by atoms with Crippen molar-refractivity contribution in [2.24, 2.45) is 7.05 Å². The largest absolute Gasteiger partial charge is 0.483 e. The van der Waals surface area contributed by atoms with Gasteiger partial charge in [0.25, 0.3) is 0 Å². The number of thioether (sulfide) groups is 1. The Morgan fingerprint density at radius 2 is 1.86 bits per heavy atom. The van der Waals surface area contributed by atoms with Crippen LogP contribution in [0.2, 0.25) is 0 Å². The van der Waals surface area contributed by atoms with E-state index in [-0.39, 0.29) is 17.8 Å². The number of carbonyl (C=O) groups is 1. The minimum absolute atomic E-state index is 0.0765. The Balaban J connectivity index is 1.55. The standard InChI is InChI=1S/C21H24N4O2S/c1-4-16-10-12-17(13-11-16)22-19(26)14-28-21-24-23-20(25(21)3)15(2)27-18-8-6-5-7-9-18/h5-13,15H,4,14H2,1-3H3,(H,22,26)/t15-/m1/s1. The van der Waals surface area contributed by atoms with Gasteiger partial charge in [0.15, 0.2) is 17.1 Å². The predicted molar refractivity (Wildman–Crippen MR) is 112 cm³/mol. The molecule has 0 radical (unpaired) electrons. The van der Waals surface area contributed by atoms with E-state index in [9.17, 15) is 4.79 Å². The molecule has 1 atom stereocenters. The first-order valence-corrected chi connectivity index (χ1v) is 10.2. The predicted octanol–water partition coefficient (Wildman–Crippen LogP) is 4.25. The number of benzene rings is 2. The molecule has 0 fully saturated rings. The highest BCUT2D eigenvalue weighted by atomic mass is 32.2. The summed E-state index contributed by atoms with van der Waals surface area (Å²) in [6.07, 6.45) is 0.727. The Kier molecular flexibility index (Phi) is 6.71. The fourth-order valence-electron chi connectivity index (χ4n) is 2.71. The van der Waals surface area contributed by atoms with E-state index in [1.165, 1.54) is 17.3 Å².